The first kappa shape index (κ1) is 60.9. The van der Waals surface area contributed by atoms with Crippen molar-refractivity contribution >= 4 is 78.8 Å². The fraction of sp³-hybridized carbons (Fsp3) is 0.333. The van der Waals surface area contributed by atoms with Crippen molar-refractivity contribution in [3.8, 4) is 40.0 Å². The molecule has 25 heteroatoms. The Balaban J connectivity index is 0.735. The Labute approximate surface area is 496 Å². The number of nitrogens with one attached hydrogen (secondary N) is 5. The minimum Gasteiger partial charge on any atom is -0.484 e. The third-order valence-corrected chi connectivity index (χ3v) is 16.6. The van der Waals surface area contributed by atoms with Crippen LogP contribution in [0.3, 0.4) is 0 Å². The van der Waals surface area contributed by atoms with Gasteiger partial charge >= 0.3 is 6.09 Å². The normalized spacial score (nSPS) is 16.2. The number of nitrogens with two attached hydrogens (primary N) is 1. The molecule has 4 aromatic heterocycles. The number of nitrogen functional groups attached to an aromatic ring is 1. The number of nitriles is 1. The van der Waals surface area contributed by atoms with Gasteiger partial charge in [0.25, 0.3) is 17.7 Å². The number of aromatic nitrogens is 4. The van der Waals surface area contributed by atoms with Crippen LogP contribution in [0.5, 0.6) is 11.6 Å². The number of hydrogen-bond acceptors (Lipinski definition) is 17. The van der Waals surface area contributed by atoms with E-state index in [0.29, 0.717) is 40.5 Å². The van der Waals surface area contributed by atoms with Crippen molar-refractivity contribution < 1.29 is 51.7 Å². The van der Waals surface area contributed by atoms with Crippen LogP contribution in [-0.4, -0.2) is 143 Å². The topological polar surface area (TPSA) is 290 Å². The zero-order chi connectivity index (χ0) is 59.9. The molecule has 7 N–H and O–H groups in total. The molecule has 7 aromatic rings. The highest BCUT2D eigenvalue weighted by Gasteiger charge is 2.47. The molecule has 442 valence electrons. The van der Waals surface area contributed by atoms with Crippen LogP contribution >= 0.6 is 10.8 Å². The summed E-state index contributed by atoms with van der Waals surface area (Å²) in [5.74, 6) is -4.55. The highest BCUT2D eigenvalue weighted by Crippen LogP contribution is 2.34. The number of aryl methyl sites for hydroxylation is 2. The standard InChI is InChI=1S/C60H62F2N12O9S2/c1-36-6-8-37(9-7-36)4-3-5-52-58(83-52)68-21-20-67-56(78)51(73-53(75)33-81-43-13-15-50-47(26-43)45(17-19-66-50)55(77)71-31-54(76)74-35-60(61,62)27-42(74)28-63)34-85-84-23-22-69-59(79)82-32-41-12-10-39(29-70-41)44-16-18-65-49-14-11-38(24-46(44)49)40-25-48(64)57(80-2)72-30-40/h6-19,24-26,29-30,42,51-52,58,68H,3-5,20-23,27,31-35,64H2,1-2H3,(H,67,78)(H,69,79)(H,71,77)(H,73,75)/p+1/t42-,51?,52?,58?/m0/s1. The van der Waals surface area contributed by atoms with E-state index in [1.54, 1.807) is 42.9 Å². The number of nitrogens with zero attached hydrogens (tertiary/aromatic N) is 6. The first-order valence-corrected chi connectivity index (χ1v) is 30.0. The Hall–Kier alpha value is -8.70. The van der Waals surface area contributed by atoms with Gasteiger partial charge in [-0.15, -0.1) is 0 Å². The number of alkyl carbamates (subject to hydrolysis) is 1. The minimum atomic E-state index is -3.21. The number of rotatable bonds is 27. The number of pyridine rings is 4. The molecule has 2 fully saturated rings. The second-order valence-corrected chi connectivity index (χ2v) is 23.0. The Kier molecular flexibility index (Phi) is 20.6. The summed E-state index contributed by atoms with van der Waals surface area (Å²) >= 11 is 0. The second-order valence-electron chi connectivity index (χ2n) is 20.2. The molecule has 9 rings (SSSR count). The number of ether oxygens (including phenoxy) is 4. The summed E-state index contributed by atoms with van der Waals surface area (Å²) in [6.45, 7) is 0.900. The molecular formula is C60H63F2N12O9S2+. The number of alkyl halides is 2. The van der Waals surface area contributed by atoms with Crippen LogP contribution in [0.15, 0.2) is 116 Å². The van der Waals surface area contributed by atoms with E-state index in [-0.39, 0.29) is 49.1 Å². The minimum absolute atomic E-state index is 0.0668. The van der Waals surface area contributed by atoms with Gasteiger partial charge in [0, 0.05) is 83.5 Å². The van der Waals surface area contributed by atoms with Crippen LogP contribution in [0.2, 0.25) is 0 Å². The van der Waals surface area contributed by atoms with Gasteiger partial charge in [-0.2, -0.15) is 5.26 Å². The van der Waals surface area contributed by atoms with E-state index >= 15 is 0 Å². The zero-order valence-electron chi connectivity index (χ0n) is 46.5. The van der Waals surface area contributed by atoms with Gasteiger partial charge in [0.15, 0.2) is 12.6 Å². The summed E-state index contributed by atoms with van der Waals surface area (Å²) in [5, 5.41) is 24.7. The van der Waals surface area contributed by atoms with Gasteiger partial charge in [-0.25, -0.2) is 18.6 Å². The fourth-order valence-corrected chi connectivity index (χ4v) is 11.8. The van der Waals surface area contributed by atoms with E-state index < -0.39 is 73.8 Å². The summed E-state index contributed by atoms with van der Waals surface area (Å²) < 4.78 is 50.3. The van der Waals surface area contributed by atoms with E-state index in [1.165, 1.54) is 47.4 Å². The Bertz CT molecular complexity index is 3580. The number of amides is 5. The molecule has 5 amide bonds. The fourth-order valence-electron chi connectivity index (χ4n) is 9.49. The lowest BCUT2D eigenvalue weighted by atomic mass is 9.98. The molecule has 0 radical (unpaired) electrons. The average Bonchev–Trinajstić information content (AvgIpc) is 3.53. The smallest absolute Gasteiger partial charge is 0.407 e. The maximum absolute atomic E-state index is 14.0. The van der Waals surface area contributed by atoms with Crippen LogP contribution in [-0.2, 0) is 47.7 Å². The van der Waals surface area contributed by atoms with Crippen LogP contribution in [0, 0.1) is 18.3 Å². The van der Waals surface area contributed by atoms with Crippen molar-refractivity contribution in [2.45, 2.75) is 69.6 Å². The van der Waals surface area contributed by atoms with Crippen molar-refractivity contribution in [2.24, 2.45) is 0 Å². The van der Waals surface area contributed by atoms with E-state index in [1.807, 2.05) is 36.4 Å². The molecule has 85 heavy (non-hydrogen) atoms. The Morgan fingerprint density at radius 1 is 0.882 bits per heavy atom. The monoisotopic (exact) mass is 1200 g/mol. The molecule has 0 saturated carbocycles. The van der Waals surface area contributed by atoms with Gasteiger partial charge in [-0.3, -0.25) is 39.4 Å². The number of benzene rings is 3. The molecule has 6 heterocycles. The lowest BCUT2D eigenvalue weighted by Crippen LogP contribution is -2.51. The molecule has 3 aromatic carbocycles. The number of thiol groups is 1. The average molecular weight is 1200 g/mol. The molecular weight excluding hydrogens is 1130 g/mol. The lowest BCUT2D eigenvalue weighted by Gasteiger charge is -2.19. The van der Waals surface area contributed by atoms with Gasteiger partial charge in [-0.1, -0.05) is 42.0 Å². The molecule has 0 spiro atoms. The van der Waals surface area contributed by atoms with Crippen molar-refractivity contribution in [1.82, 2.24) is 51.4 Å². The molecule has 0 aliphatic carbocycles. The number of hydrogen-bond donors (Lipinski definition) is 6. The van der Waals surface area contributed by atoms with Gasteiger partial charge < -0.3 is 50.8 Å². The van der Waals surface area contributed by atoms with E-state index in [2.05, 4.69) is 77.7 Å². The number of halogens is 2. The van der Waals surface area contributed by atoms with Gasteiger partial charge in [0.2, 0.25) is 17.7 Å². The number of likely N-dealkylation sites (tertiary alicyclic amines) is 1. The largest absolute Gasteiger partial charge is 0.484 e. The summed E-state index contributed by atoms with van der Waals surface area (Å²) in [7, 11) is 3.68. The summed E-state index contributed by atoms with van der Waals surface area (Å²) in [6, 6.07) is 27.3. The van der Waals surface area contributed by atoms with Crippen molar-refractivity contribution in [3.63, 3.8) is 0 Å². The van der Waals surface area contributed by atoms with Crippen molar-refractivity contribution in [3.05, 3.63) is 138 Å². The maximum atomic E-state index is 14.0. The predicted octanol–water partition coefficient (Wildman–Crippen LogP) is 6.00. The van der Waals surface area contributed by atoms with Crippen LogP contribution in [0.4, 0.5) is 19.3 Å². The third kappa shape index (κ3) is 16.8. The zero-order valence-corrected chi connectivity index (χ0v) is 48.2. The molecule has 21 nitrogen and oxygen atoms in total. The third-order valence-electron chi connectivity index (χ3n) is 14.0. The van der Waals surface area contributed by atoms with E-state index in [9.17, 15) is 38.0 Å². The molecule has 2 saturated heterocycles. The van der Waals surface area contributed by atoms with Crippen LogP contribution in [0.1, 0.15) is 46.4 Å². The first-order chi connectivity index (χ1) is 41.1. The number of fused-ring (bicyclic) bond motifs is 2. The number of carbonyl (C=O) groups is 5. The van der Waals surface area contributed by atoms with Gasteiger partial charge in [-0.05, 0) is 97.5 Å². The molecule has 4 atom stereocenters. The number of carbonyl (C=O) groups excluding carboxylic acids is 5. The lowest BCUT2D eigenvalue weighted by molar-refractivity contribution is -0.131. The highest BCUT2D eigenvalue weighted by atomic mass is 33.1. The Morgan fingerprint density at radius 2 is 1.66 bits per heavy atom. The molecule has 3 unspecified atom stereocenters. The second kappa shape index (κ2) is 28.7. The first-order valence-electron chi connectivity index (χ1n) is 27.3. The van der Waals surface area contributed by atoms with Gasteiger partial charge in [0.05, 0.1) is 76.9 Å². The summed E-state index contributed by atoms with van der Waals surface area (Å²) in [4.78, 5) is 84.3. The Morgan fingerprint density at radius 3 is 2.44 bits per heavy atom. The predicted molar refractivity (Wildman–Crippen MR) is 319 cm³/mol. The quantitative estimate of drug-likeness (QED) is 0.0113. The summed E-state index contributed by atoms with van der Waals surface area (Å²) in [5.41, 5.74) is 14.4. The maximum Gasteiger partial charge on any atom is 0.407 e. The molecule has 0 bridgehead atoms. The highest BCUT2D eigenvalue weighted by molar-refractivity contribution is 8.66. The number of methoxy groups -OCH3 is 1. The summed E-state index contributed by atoms with van der Waals surface area (Å²) in [6.07, 6.45) is 7.95. The molecule has 2 aliphatic heterocycles. The van der Waals surface area contributed by atoms with Crippen LogP contribution < -0.4 is 41.8 Å². The van der Waals surface area contributed by atoms with E-state index in [4.69, 9.17) is 24.7 Å². The van der Waals surface area contributed by atoms with E-state index in [0.717, 1.165) is 68.1 Å². The SMILES string of the molecule is COc1ncc(-c2ccc3nccc(-c4ccc(COC(=O)NCCS[SH+]CC(NC(=O)COc5ccc6nccc(C(=O)NCC(=O)N7CC(F)(F)C[C@H]7C#N)c6c5)C(=O)NCCNC5OC5CCCc5ccc(C)cc5)nc4)c3c2)cc1N. The molecule has 2 aliphatic rings. The van der Waals surface area contributed by atoms with Gasteiger partial charge in [0.1, 0.15) is 30.4 Å². The van der Waals surface area contributed by atoms with Crippen LogP contribution in [0.25, 0.3) is 44.1 Å². The van der Waals surface area contributed by atoms with Crippen molar-refractivity contribution in [2.75, 3.05) is 63.7 Å². The number of epoxide rings is 1. The van der Waals surface area contributed by atoms with Crippen molar-refractivity contribution in [1.29, 1.82) is 5.26 Å². The number of anilines is 1.